The van der Waals surface area contributed by atoms with Crippen LogP contribution in [0.15, 0.2) is 18.2 Å². The molecule has 2 N–H and O–H groups in total. The first-order chi connectivity index (χ1) is 7.90. The topological polar surface area (TPSA) is 58.2 Å². The van der Waals surface area contributed by atoms with Gasteiger partial charge in [0.1, 0.15) is 0 Å². The van der Waals surface area contributed by atoms with Gasteiger partial charge in [0.25, 0.3) is 0 Å². The fourth-order valence-corrected chi connectivity index (χ4v) is 1.44. The normalized spacial score (nSPS) is 10.2. The van der Waals surface area contributed by atoms with Crippen LogP contribution < -0.4 is 10.6 Å². The number of amides is 2. The Morgan fingerprint density at radius 3 is 2.41 bits per heavy atom. The Balaban J connectivity index is 2.74. The van der Waals surface area contributed by atoms with Crippen molar-refractivity contribution in [1.29, 1.82) is 0 Å². The van der Waals surface area contributed by atoms with Crippen molar-refractivity contribution in [2.24, 2.45) is 0 Å². The molecule has 2 amide bonds. The lowest BCUT2D eigenvalue weighted by Gasteiger charge is -2.09. The summed E-state index contributed by atoms with van der Waals surface area (Å²) < 4.78 is 0. The van der Waals surface area contributed by atoms with E-state index in [1.807, 2.05) is 0 Å². The molecule has 1 rings (SSSR count). The largest absolute Gasteiger partial charge is 0.346 e. The molecule has 17 heavy (non-hydrogen) atoms. The molecule has 0 aromatic heterocycles. The second kappa shape index (κ2) is 5.89. The van der Waals surface area contributed by atoms with Gasteiger partial charge in [0, 0.05) is 11.1 Å². The van der Waals surface area contributed by atoms with Crippen molar-refractivity contribution >= 4 is 40.7 Å². The van der Waals surface area contributed by atoms with Crippen LogP contribution in [0.1, 0.15) is 13.8 Å². The highest BCUT2D eigenvalue weighted by molar-refractivity contribution is 6.42. The van der Waals surface area contributed by atoms with Gasteiger partial charge in [-0.05, 0) is 32.0 Å². The molecule has 4 nitrogen and oxygen atoms in total. The van der Waals surface area contributed by atoms with E-state index in [0.717, 1.165) is 0 Å². The van der Waals surface area contributed by atoms with Gasteiger partial charge in [-0.25, -0.2) is 0 Å². The minimum Gasteiger partial charge on any atom is -0.346 e. The predicted molar refractivity (Wildman–Crippen MR) is 68.4 cm³/mol. The van der Waals surface area contributed by atoms with E-state index in [-0.39, 0.29) is 6.04 Å². The molecule has 1 aromatic rings. The monoisotopic (exact) mass is 274 g/mol. The highest BCUT2D eigenvalue weighted by Crippen LogP contribution is 2.25. The average Bonchev–Trinajstić information content (AvgIpc) is 2.22. The summed E-state index contributed by atoms with van der Waals surface area (Å²) in [7, 11) is 0. The summed E-state index contributed by atoms with van der Waals surface area (Å²) in [5.41, 5.74) is 0.308. The highest BCUT2D eigenvalue weighted by atomic mass is 35.5. The number of carbonyl (C=O) groups is 2. The van der Waals surface area contributed by atoms with Gasteiger partial charge in [-0.1, -0.05) is 23.2 Å². The Bertz CT molecular complexity index is 447. The smallest absolute Gasteiger partial charge is 0.313 e. The maximum atomic E-state index is 11.5. The number of hydrogen-bond donors (Lipinski definition) is 2. The maximum Gasteiger partial charge on any atom is 0.313 e. The Morgan fingerprint density at radius 2 is 1.82 bits per heavy atom. The highest BCUT2D eigenvalue weighted by Gasteiger charge is 2.15. The second-order valence-electron chi connectivity index (χ2n) is 3.71. The number of nitrogens with one attached hydrogen (secondary N) is 2. The third-order valence-electron chi connectivity index (χ3n) is 1.80. The van der Waals surface area contributed by atoms with E-state index in [9.17, 15) is 9.59 Å². The van der Waals surface area contributed by atoms with Crippen molar-refractivity contribution in [2.45, 2.75) is 19.9 Å². The van der Waals surface area contributed by atoms with E-state index >= 15 is 0 Å². The van der Waals surface area contributed by atoms with Crippen LogP contribution >= 0.6 is 23.2 Å². The fraction of sp³-hybridized carbons (Fsp3) is 0.273. The van der Waals surface area contributed by atoms with E-state index in [1.165, 1.54) is 6.07 Å². The molecule has 0 heterocycles. The van der Waals surface area contributed by atoms with Crippen molar-refractivity contribution in [1.82, 2.24) is 5.32 Å². The molecule has 0 aliphatic carbocycles. The molecule has 92 valence electrons. The van der Waals surface area contributed by atoms with Crippen LogP contribution in [0.4, 0.5) is 5.69 Å². The summed E-state index contributed by atoms with van der Waals surface area (Å²) in [5, 5.41) is 5.60. The van der Waals surface area contributed by atoms with Gasteiger partial charge in [-0.2, -0.15) is 0 Å². The molecule has 0 radical (unpaired) electrons. The predicted octanol–water partition coefficient (Wildman–Crippen LogP) is 2.46. The molecule has 0 fully saturated rings. The van der Waals surface area contributed by atoms with Crippen molar-refractivity contribution in [3.05, 3.63) is 28.2 Å². The summed E-state index contributed by atoms with van der Waals surface area (Å²) in [6, 6.07) is 4.50. The fourth-order valence-electron chi connectivity index (χ4n) is 1.10. The Kier molecular flexibility index (Phi) is 4.78. The molecular formula is C11H12Cl2N2O2. The van der Waals surface area contributed by atoms with Crippen molar-refractivity contribution in [3.63, 3.8) is 0 Å². The van der Waals surface area contributed by atoms with E-state index in [2.05, 4.69) is 10.6 Å². The average molecular weight is 275 g/mol. The summed E-state index contributed by atoms with van der Waals surface area (Å²) in [6.07, 6.45) is 0. The number of hydrogen-bond acceptors (Lipinski definition) is 2. The van der Waals surface area contributed by atoms with Gasteiger partial charge in [-0.15, -0.1) is 0 Å². The summed E-state index contributed by atoms with van der Waals surface area (Å²) in [5.74, 6) is -1.49. The molecule has 0 saturated heterocycles. The molecule has 6 heteroatoms. The quantitative estimate of drug-likeness (QED) is 0.814. The summed E-state index contributed by atoms with van der Waals surface area (Å²) in [6.45, 7) is 3.52. The number of anilines is 1. The van der Waals surface area contributed by atoms with Crippen LogP contribution in [-0.2, 0) is 9.59 Å². The Hall–Kier alpha value is -1.26. The first-order valence-corrected chi connectivity index (χ1v) is 5.72. The van der Waals surface area contributed by atoms with E-state index < -0.39 is 11.8 Å². The van der Waals surface area contributed by atoms with Crippen LogP contribution in [0.5, 0.6) is 0 Å². The second-order valence-corrected chi connectivity index (χ2v) is 4.55. The third kappa shape index (κ3) is 4.24. The molecule has 0 spiro atoms. The zero-order chi connectivity index (χ0) is 13.0. The van der Waals surface area contributed by atoms with Gasteiger partial charge in [0.05, 0.1) is 10.7 Å². The van der Waals surface area contributed by atoms with E-state index in [4.69, 9.17) is 23.2 Å². The van der Waals surface area contributed by atoms with Crippen LogP contribution in [0, 0.1) is 0 Å². The van der Waals surface area contributed by atoms with E-state index in [0.29, 0.717) is 15.7 Å². The van der Waals surface area contributed by atoms with Gasteiger partial charge < -0.3 is 10.6 Å². The number of benzene rings is 1. The van der Waals surface area contributed by atoms with E-state index in [1.54, 1.807) is 26.0 Å². The lowest BCUT2D eigenvalue weighted by Crippen LogP contribution is -2.39. The summed E-state index contributed by atoms with van der Waals surface area (Å²) >= 11 is 11.6. The first-order valence-electron chi connectivity index (χ1n) is 4.97. The minimum atomic E-state index is -0.775. The van der Waals surface area contributed by atoms with Crippen molar-refractivity contribution in [2.75, 3.05) is 5.32 Å². The van der Waals surface area contributed by atoms with Crippen LogP contribution in [0.3, 0.4) is 0 Å². The SMILES string of the molecule is CC(C)NC(=O)C(=O)Nc1cc(Cl)ccc1Cl. The number of rotatable bonds is 2. The standard InChI is InChI=1S/C11H12Cl2N2O2/c1-6(2)14-10(16)11(17)15-9-5-7(12)3-4-8(9)13/h3-6H,1-2H3,(H,14,16)(H,15,17). The van der Waals surface area contributed by atoms with Gasteiger partial charge in [0.15, 0.2) is 0 Å². The molecule has 0 atom stereocenters. The van der Waals surface area contributed by atoms with Gasteiger partial charge in [-0.3, -0.25) is 9.59 Å². The maximum absolute atomic E-state index is 11.5. The zero-order valence-corrected chi connectivity index (χ0v) is 10.9. The molecule has 0 saturated carbocycles. The molecule has 0 aliphatic rings. The summed E-state index contributed by atoms with van der Waals surface area (Å²) in [4.78, 5) is 22.8. The van der Waals surface area contributed by atoms with Crippen molar-refractivity contribution < 1.29 is 9.59 Å². The number of carbonyl (C=O) groups excluding carboxylic acids is 2. The first kappa shape index (κ1) is 13.8. The molecular weight excluding hydrogens is 263 g/mol. The molecule has 1 aromatic carbocycles. The van der Waals surface area contributed by atoms with Crippen LogP contribution in [-0.4, -0.2) is 17.9 Å². The Labute approximate surface area is 109 Å². The third-order valence-corrected chi connectivity index (χ3v) is 2.37. The minimum absolute atomic E-state index is 0.108. The van der Waals surface area contributed by atoms with Gasteiger partial charge >= 0.3 is 11.8 Å². The lowest BCUT2D eigenvalue weighted by atomic mass is 10.3. The van der Waals surface area contributed by atoms with Crippen LogP contribution in [0.2, 0.25) is 10.0 Å². The molecule has 0 aliphatic heterocycles. The van der Waals surface area contributed by atoms with Crippen LogP contribution in [0.25, 0.3) is 0 Å². The lowest BCUT2D eigenvalue weighted by molar-refractivity contribution is -0.136. The number of halogens is 2. The zero-order valence-electron chi connectivity index (χ0n) is 9.38. The Morgan fingerprint density at radius 1 is 1.18 bits per heavy atom. The molecule has 0 unspecified atom stereocenters. The van der Waals surface area contributed by atoms with Crippen molar-refractivity contribution in [3.8, 4) is 0 Å². The van der Waals surface area contributed by atoms with Gasteiger partial charge in [0.2, 0.25) is 0 Å². The molecule has 0 bridgehead atoms.